The molecular weight excluding hydrogens is 228 g/mol. The molecule has 94 valence electrons. The number of aliphatic carboxylic acids is 1. The lowest BCUT2D eigenvalue weighted by molar-refractivity contribution is -0.140. The summed E-state index contributed by atoms with van der Waals surface area (Å²) in [6.07, 6.45) is 2.21. The number of carbonyl (C=O) groups excluding carboxylic acids is 1. The van der Waals surface area contributed by atoms with Gasteiger partial charge in [0.05, 0.1) is 5.92 Å². The topological polar surface area (TPSA) is 54.4 Å². The highest BCUT2D eigenvalue weighted by Crippen LogP contribution is 2.32. The number of carboxylic acid groups (broad SMARTS) is 1. The molecule has 0 amide bonds. The molecule has 1 unspecified atom stereocenters. The molecule has 3 nitrogen and oxygen atoms in total. The SMILES string of the molecule is Cc1ccc(C2=CC(=O)CCC2C(=O)O)cc1C. The molecule has 0 radical (unpaired) electrons. The molecule has 0 saturated carbocycles. The van der Waals surface area contributed by atoms with E-state index in [0.717, 1.165) is 16.7 Å². The van der Waals surface area contributed by atoms with Crippen molar-refractivity contribution in [1.82, 2.24) is 0 Å². The van der Waals surface area contributed by atoms with Gasteiger partial charge in [0.25, 0.3) is 0 Å². The van der Waals surface area contributed by atoms with Crippen LogP contribution >= 0.6 is 0 Å². The molecule has 0 aromatic heterocycles. The average molecular weight is 244 g/mol. The molecule has 3 heteroatoms. The van der Waals surface area contributed by atoms with Crippen LogP contribution in [0.15, 0.2) is 24.3 Å². The maximum atomic E-state index is 11.5. The minimum atomic E-state index is -0.855. The van der Waals surface area contributed by atoms with Crippen molar-refractivity contribution in [3.8, 4) is 0 Å². The van der Waals surface area contributed by atoms with Crippen LogP contribution in [-0.2, 0) is 9.59 Å². The number of aryl methyl sites for hydroxylation is 2. The second-order valence-corrected chi connectivity index (χ2v) is 4.79. The minimum absolute atomic E-state index is 0.0146. The molecule has 0 heterocycles. The number of carbonyl (C=O) groups is 2. The van der Waals surface area contributed by atoms with Gasteiger partial charge in [-0.05, 0) is 48.6 Å². The van der Waals surface area contributed by atoms with Gasteiger partial charge in [-0.1, -0.05) is 18.2 Å². The Morgan fingerprint density at radius 2 is 2.00 bits per heavy atom. The molecule has 1 N–H and O–H groups in total. The number of rotatable bonds is 2. The van der Waals surface area contributed by atoms with Crippen molar-refractivity contribution >= 4 is 17.3 Å². The van der Waals surface area contributed by atoms with Crippen molar-refractivity contribution in [3.63, 3.8) is 0 Å². The van der Waals surface area contributed by atoms with Gasteiger partial charge in [0.2, 0.25) is 0 Å². The number of hydrogen-bond acceptors (Lipinski definition) is 2. The highest BCUT2D eigenvalue weighted by atomic mass is 16.4. The van der Waals surface area contributed by atoms with E-state index in [0.29, 0.717) is 18.4 Å². The molecule has 1 aromatic carbocycles. The molecular formula is C15H16O3. The molecule has 1 atom stereocenters. The predicted molar refractivity (Wildman–Crippen MR) is 69.3 cm³/mol. The second kappa shape index (κ2) is 4.77. The van der Waals surface area contributed by atoms with Crippen LogP contribution in [0.5, 0.6) is 0 Å². The summed E-state index contributed by atoms with van der Waals surface area (Å²) >= 11 is 0. The number of allylic oxidation sites excluding steroid dienone is 1. The van der Waals surface area contributed by atoms with Crippen molar-refractivity contribution in [1.29, 1.82) is 0 Å². The molecule has 2 rings (SSSR count). The standard InChI is InChI=1S/C15H16O3/c1-9-3-4-11(7-10(9)2)14-8-12(16)5-6-13(14)15(17)18/h3-4,7-8,13H,5-6H2,1-2H3,(H,17,18). The fourth-order valence-corrected chi connectivity index (χ4v) is 2.25. The van der Waals surface area contributed by atoms with Crippen molar-refractivity contribution in [2.24, 2.45) is 5.92 Å². The lowest BCUT2D eigenvalue weighted by Gasteiger charge is -2.21. The highest BCUT2D eigenvalue weighted by molar-refractivity contribution is 6.03. The monoisotopic (exact) mass is 244 g/mol. The number of carboxylic acids is 1. The Morgan fingerprint density at radius 3 is 2.61 bits per heavy atom. The maximum absolute atomic E-state index is 11.5. The molecule has 0 bridgehead atoms. The van der Waals surface area contributed by atoms with Crippen molar-refractivity contribution in [2.75, 3.05) is 0 Å². The van der Waals surface area contributed by atoms with Gasteiger partial charge in [-0.25, -0.2) is 0 Å². The van der Waals surface area contributed by atoms with Crippen LogP contribution < -0.4 is 0 Å². The van der Waals surface area contributed by atoms with Crippen LogP contribution in [0.1, 0.15) is 29.5 Å². The van der Waals surface area contributed by atoms with Crippen LogP contribution in [0.2, 0.25) is 0 Å². The third-order valence-electron chi connectivity index (χ3n) is 3.51. The zero-order valence-corrected chi connectivity index (χ0v) is 10.6. The largest absolute Gasteiger partial charge is 0.481 e. The van der Waals surface area contributed by atoms with E-state index in [2.05, 4.69) is 0 Å². The summed E-state index contributed by atoms with van der Waals surface area (Å²) in [6.45, 7) is 3.99. The Labute approximate surface area is 106 Å². The zero-order valence-electron chi connectivity index (χ0n) is 10.6. The predicted octanol–water partition coefficient (Wildman–Crippen LogP) is 2.75. The first-order valence-corrected chi connectivity index (χ1v) is 6.04. The molecule has 0 fully saturated rings. The lowest BCUT2D eigenvalue weighted by Crippen LogP contribution is -2.21. The normalized spacial score (nSPS) is 19.6. The van der Waals surface area contributed by atoms with E-state index < -0.39 is 11.9 Å². The minimum Gasteiger partial charge on any atom is -0.481 e. The summed E-state index contributed by atoms with van der Waals surface area (Å²) in [4.78, 5) is 22.7. The van der Waals surface area contributed by atoms with E-state index in [1.54, 1.807) is 0 Å². The van der Waals surface area contributed by atoms with Gasteiger partial charge in [0.1, 0.15) is 0 Å². The van der Waals surface area contributed by atoms with Crippen LogP contribution in [0, 0.1) is 19.8 Å². The third kappa shape index (κ3) is 2.35. The Kier molecular flexibility index (Phi) is 3.32. The van der Waals surface area contributed by atoms with E-state index in [4.69, 9.17) is 0 Å². The van der Waals surface area contributed by atoms with E-state index in [9.17, 15) is 14.7 Å². The van der Waals surface area contributed by atoms with Crippen LogP contribution in [0.25, 0.3) is 5.57 Å². The second-order valence-electron chi connectivity index (χ2n) is 4.79. The van der Waals surface area contributed by atoms with Gasteiger partial charge in [-0.2, -0.15) is 0 Å². The van der Waals surface area contributed by atoms with Crippen LogP contribution in [0.4, 0.5) is 0 Å². The number of hydrogen-bond donors (Lipinski definition) is 1. The summed E-state index contributed by atoms with van der Waals surface area (Å²) in [6, 6.07) is 5.81. The van der Waals surface area contributed by atoms with Gasteiger partial charge in [-0.15, -0.1) is 0 Å². The van der Waals surface area contributed by atoms with Gasteiger partial charge in [0.15, 0.2) is 5.78 Å². The first-order chi connectivity index (χ1) is 8.49. The van der Waals surface area contributed by atoms with Gasteiger partial charge < -0.3 is 5.11 Å². The fraction of sp³-hybridized carbons (Fsp3) is 0.333. The molecule has 0 saturated heterocycles. The first-order valence-electron chi connectivity index (χ1n) is 6.04. The molecule has 1 aliphatic rings. The van der Waals surface area contributed by atoms with E-state index in [1.807, 2.05) is 32.0 Å². The zero-order chi connectivity index (χ0) is 13.3. The summed E-state index contributed by atoms with van der Waals surface area (Å²) in [5.41, 5.74) is 3.75. The van der Waals surface area contributed by atoms with Gasteiger partial charge in [0, 0.05) is 6.42 Å². The fourth-order valence-electron chi connectivity index (χ4n) is 2.25. The van der Waals surface area contributed by atoms with Gasteiger partial charge >= 0.3 is 5.97 Å². The maximum Gasteiger partial charge on any atom is 0.311 e. The van der Waals surface area contributed by atoms with Crippen molar-refractivity contribution < 1.29 is 14.7 Å². The number of benzene rings is 1. The third-order valence-corrected chi connectivity index (χ3v) is 3.51. The Balaban J connectivity index is 2.47. The van der Waals surface area contributed by atoms with Crippen molar-refractivity contribution in [3.05, 3.63) is 41.0 Å². The Bertz CT molecular complexity index is 541. The van der Waals surface area contributed by atoms with Crippen LogP contribution in [-0.4, -0.2) is 16.9 Å². The summed E-state index contributed by atoms with van der Waals surface area (Å²) < 4.78 is 0. The Morgan fingerprint density at radius 1 is 1.28 bits per heavy atom. The summed E-state index contributed by atoms with van der Waals surface area (Å²) in [7, 11) is 0. The van der Waals surface area contributed by atoms with Gasteiger partial charge in [-0.3, -0.25) is 9.59 Å². The first kappa shape index (κ1) is 12.6. The highest BCUT2D eigenvalue weighted by Gasteiger charge is 2.28. The molecule has 1 aliphatic carbocycles. The van der Waals surface area contributed by atoms with Crippen molar-refractivity contribution in [2.45, 2.75) is 26.7 Å². The number of ketones is 1. The van der Waals surface area contributed by atoms with Crippen LogP contribution in [0.3, 0.4) is 0 Å². The summed E-state index contributed by atoms with van der Waals surface area (Å²) in [5, 5.41) is 9.23. The van der Waals surface area contributed by atoms with E-state index in [-0.39, 0.29) is 5.78 Å². The van der Waals surface area contributed by atoms with E-state index in [1.165, 1.54) is 6.08 Å². The summed E-state index contributed by atoms with van der Waals surface area (Å²) in [5.74, 6) is -1.41. The molecule has 18 heavy (non-hydrogen) atoms. The quantitative estimate of drug-likeness (QED) is 0.870. The molecule has 1 aromatic rings. The molecule has 0 spiro atoms. The lowest BCUT2D eigenvalue weighted by atomic mass is 9.82. The van der Waals surface area contributed by atoms with E-state index >= 15 is 0 Å². The molecule has 0 aliphatic heterocycles. The Hall–Kier alpha value is -1.90. The smallest absolute Gasteiger partial charge is 0.311 e. The average Bonchev–Trinajstić information content (AvgIpc) is 2.32.